The van der Waals surface area contributed by atoms with E-state index in [1.807, 2.05) is 45.9 Å². The van der Waals surface area contributed by atoms with Crippen LogP contribution in [0.2, 0.25) is 6.04 Å². The molecular formula is C27H45NO8Si. The third-order valence-corrected chi connectivity index (χ3v) is 8.56. The summed E-state index contributed by atoms with van der Waals surface area (Å²) in [4.78, 5) is 23.1. The monoisotopic (exact) mass is 539 g/mol. The smallest absolute Gasteiger partial charge is 0.494 e. The van der Waals surface area contributed by atoms with Crippen molar-refractivity contribution in [2.24, 2.45) is 0 Å². The molecule has 0 fully saturated rings. The van der Waals surface area contributed by atoms with Gasteiger partial charge in [0, 0.05) is 38.5 Å². The fourth-order valence-corrected chi connectivity index (χ4v) is 6.22. The van der Waals surface area contributed by atoms with Crippen LogP contribution in [0.5, 0.6) is 5.75 Å². The number of carbonyl (C=O) groups is 2. The largest absolute Gasteiger partial charge is 0.500 e. The minimum Gasteiger partial charge on any atom is -0.494 e. The number of amides is 1. The Labute approximate surface area is 223 Å². The van der Waals surface area contributed by atoms with Gasteiger partial charge in [-0.1, -0.05) is 6.07 Å². The van der Waals surface area contributed by atoms with Gasteiger partial charge in [0.25, 0.3) is 0 Å². The summed E-state index contributed by atoms with van der Waals surface area (Å²) in [5.41, 5.74) is 1.96. The SMILES string of the molecule is CCO[Si](CCCNC(=O)OCCCCCCOc1ccc(C=CC(=O)OC)c(C)c1)(OCC)OCC. The van der Waals surface area contributed by atoms with Gasteiger partial charge < -0.3 is 32.8 Å². The van der Waals surface area contributed by atoms with Crippen molar-refractivity contribution < 1.29 is 37.1 Å². The highest BCUT2D eigenvalue weighted by molar-refractivity contribution is 6.60. The first-order valence-corrected chi connectivity index (χ1v) is 15.1. The number of aryl methyl sites for hydroxylation is 1. The van der Waals surface area contributed by atoms with Crippen molar-refractivity contribution in [1.29, 1.82) is 0 Å². The number of carbonyl (C=O) groups excluding carboxylic acids is 2. The number of hydrogen-bond donors (Lipinski definition) is 1. The summed E-state index contributed by atoms with van der Waals surface area (Å²) in [7, 11) is -1.32. The van der Waals surface area contributed by atoms with Crippen molar-refractivity contribution in [2.45, 2.75) is 65.8 Å². The molecule has 1 aromatic carbocycles. The van der Waals surface area contributed by atoms with Crippen LogP contribution in [-0.2, 0) is 27.5 Å². The Morgan fingerprint density at radius 1 is 0.919 bits per heavy atom. The molecule has 0 unspecified atom stereocenters. The molecule has 0 spiro atoms. The molecule has 0 heterocycles. The molecule has 0 bridgehead atoms. The number of unbranched alkanes of at least 4 members (excludes halogenated alkanes) is 3. The Bertz CT molecular complexity index is 801. The molecule has 9 nitrogen and oxygen atoms in total. The second-order valence-corrected chi connectivity index (χ2v) is 11.0. The molecule has 0 saturated carbocycles. The zero-order chi connectivity index (χ0) is 27.4. The highest BCUT2D eigenvalue weighted by Gasteiger charge is 2.39. The number of alkyl carbamates (subject to hydrolysis) is 1. The number of methoxy groups -OCH3 is 1. The van der Waals surface area contributed by atoms with Crippen molar-refractivity contribution in [3.8, 4) is 5.75 Å². The molecule has 1 amide bonds. The highest BCUT2D eigenvalue weighted by Crippen LogP contribution is 2.19. The Hall–Kier alpha value is -2.40. The fourth-order valence-electron chi connectivity index (χ4n) is 3.61. The molecule has 1 N–H and O–H groups in total. The average Bonchev–Trinajstić information content (AvgIpc) is 2.88. The van der Waals surface area contributed by atoms with E-state index in [-0.39, 0.29) is 5.97 Å². The van der Waals surface area contributed by atoms with Gasteiger partial charge in [-0.05, 0) is 89.1 Å². The predicted molar refractivity (Wildman–Crippen MR) is 146 cm³/mol. The van der Waals surface area contributed by atoms with Crippen LogP contribution >= 0.6 is 0 Å². The van der Waals surface area contributed by atoms with Crippen LogP contribution in [0.4, 0.5) is 4.79 Å². The van der Waals surface area contributed by atoms with E-state index in [4.69, 9.17) is 22.8 Å². The van der Waals surface area contributed by atoms with E-state index in [9.17, 15) is 9.59 Å². The summed E-state index contributed by atoms with van der Waals surface area (Å²) in [6, 6.07) is 6.42. The Morgan fingerprint density at radius 2 is 1.57 bits per heavy atom. The number of nitrogens with one attached hydrogen (secondary N) is 1. The van der Waals surface area contributed by atoms with Crippen molar-refractivity contribution >= 4 is 26.9 Å². The van der Waals surface area contributed by atoms with Gasteiger partial charge in [0.1, 0.15) is 5.75 Å². The van der Waals surface area contributed by atoms with Gasteiger partial charge in [-0.3, -0.25) is 0 Å². The quantitative estimate of drug-likeness (QED) is 0.103. The maximum atomic E-state index is 11.9. The summed E-state index contributed by atoms with van der Waals surface area (Å²) in [5.74, 6) is 0.420. The molecule has 0 saturated heterocycles. The number of hydrogen-bond acceptors (Lipinski definition) is 8. The number of ether oxygens (including phenoxy) is 3. The standard InChI is InChI=1S/C27H45NO8Si/c1-6-34-37(35-7-2,36-8-3)21-13-18-28-27(30)33-20-12-10-9-11-19-32-25-16-14-24(23(4)22-25)15-17-26(29)31-5/h14-17,22H,6-13,18-21H2,1-5H3,(H,28,30). The van der Waals surface area contributed by atoms with Gasteiger partial charge in [-0.15, -0.1) is 0 Å². The van der Waals surface area contributed by atoms with E-state index in [0.29, 0.717) is 52.0 Å². The third kappa shape index (κ3) is 14.2. The van der Waals surface area contributed by atoms with Crippen LogP contribution in [-0.4, -0.2) is 67.6 Å². The summed E-state index contributed by atoms with van der Waals surface area (Å²) < 4.78 is 33.1. The summed E-state index contributed by atoms with van der Waals surface area (Å²) >= 11 is 0. The topological polar surface area (TPSA) is 102 Å². The summed E-state index contributed by atoms with van der Waals surface area (Å²) in [5, 5.41) is 2.78. The van der Waals surface area contributed by atoms with Crippen LogP contribution in [0.3, 0.4) is 0 Å². The average molecular weight is 540 g/mol. The Balaban J connectivity index is 2.14. The molecule has 0 radical (unpaired) electrons. The van der Waals surface area contributed by atoms with E-state index in [1.54, 1.807) is 6.08 Å². The number of esters is 1. The number of benzene rings is 1. The molecule has 0 aliphatic carbocycles. The fraction of sp³-hybridized carbons (Fsp3) is 0.630. The predicted octanol–water partition coefficient (Wildman–Crippen LogP) is 5.29. The highest BCUT2D eigenvalue weighted by atomic mass is 28.4. The molecule has 0 atom stereocenters. The molecule has 0 aliphatic rings. The van der Waals surface area contributed by atoms with Crippen LogP contribution in [0, 0.1) is 6.92 Å². The lowest BCUT2D eigenvalue weighted by atomic mass is 10.1. The van der Waals surface area contributed by atoms with Gasteiger partial charge in [0.15, 0.2) is 0 Å². The molecule has 37 heavy (non-hydrogen) atoms. The second kappa shape index (κ2) is 19.7. The van der Waals surface area contributed by atoms with Gasteiger partial charge in [0.05, 0.1) is 20.3 Å². The third-order valence-electron chi connectivity index (χ3n) is 5.40. The zero-order valence-electron chi connectivity index (χ0n) is 23.1. The molecule has 10 heteroatoms. The summed E-state index contributed by atoms with van der Waals surface area (Å²) in [6.07, 6.45) is 7.10. The van der Waals surface area contributed by atoms with Crippen molar-refractivity contribution in [2.75, 3.05) is 46.7 Å². The van der Waals surface area contributed by atoms with Crippen molar-refractivity contribution in [3.63, 3.8) is 0 Å². The van der Waals surface area contributed by atoms with Crippen LogP contribution in [0.1, 0.15) is 64.0 Å². The Morgan fingerprint density at radius 3 is 2.16 bits per heavy atom. The zero-order valence-corrected chi connectivity index (χ0v) is 24.1. The molecule has 1 aromatic rings. The molecular weight excluding hydrogens is 494 g/mol. The first kappa shape index (κ1) is 32.6. The molecule has 0 aromatic heterocycles. The van der Waals surface area contributed by atoms with Gasteiger partial charge in [0.2, 0.25) is 0 Å². The minimum atomic E-state index is -2.67. The lowest BCUT2D eigenvalue weighted by Gasteiger charge is -2.28. The normalized spacial score (nSPS) is 11.5. The maximum Gasteiger partial charge on any atom is 0.500 e. The molecule has 1 rings (SSSR count). The Kier molecular flexibility index (Phi) is 17.3. The van der Waals surface area contributed by atoms with E-state index in [0.717, 1.165) is 42.6 Å². The molecule has 210 valence electrons. The van der Waals surface area contributed by atoms with Crippen molar-refractivity contribution in [3.05, 3.63) is 35.4 Å². The van der Waals surface area contributed by atoms with Crippen LogP contribution < -0.4 is 10.1 Å². The van der Waals surface area contributed by atoms with Gasteiger partial charge in [-0.2, -0.15) is 0 Å². The lowest BCUT2D eigenvalue weighted by molar-refractivity contribution is -0.134. The molecule has 0 aliphatic heterocycles. The van der Waals surface area contributed by atoms with E-state index in [2.05, 4.69) is 10.1 Å². The van der Waals surface area contributed by atoms with Gasteiger partial charge >= 0.3 is 20.9 Å². The van der Waals surface area contributed by atoms with E-state index in [1.165, 1.54) is 13.2 Å². The van der Waals surface area contributed by atoms with Crippen LogP contribution in [0.25, 0.3) is 6.08 Å². The van der Waals surface area contributed by atoms with Crippen LogP contribution in [0.15, 0.2) is 24.3 Å². The first-order chi connectivity index (χ1) is 17.9. The van der Waals surface area contributed by atoms with E-state index >= 15 is 0 Å². The summed E-state index contributed by atoms with van der Waals surface area (Å²) in [6.45, 7) is 10.9. The number of rotatable bonds is 20. The van der Waals surface area contributed by atoms with Gasteiger partial charge in [-0.25, -0.2) is 9.59 Å². The maximum absolute atomic E-state index is 11.9. The van der Waals surface area contributed by atoms with Crippen molar-refractivity contribution in [1.82, 2.24) is 5.32 Å². The second-order valence-electron chi connectivity index (χ2n) is 8.29. The minimum absolute atomic E-state index is 0.382. The lowest BCUT2D eigenvalue weighted by Crippen LogP contribution is -2.46. The first-order valence-electron chi connectivity index (χ1n) is 13.2. The van der Waals surface area contributed by atoms with E-state index < -0.39 is 14.9 Å².